The number of anilines is 1. The number of H-pyrrole nitrogens is 1. The first-order valence-corrected chi connectivity index (χ1v) is 8.00. The molecule has 110 valence electrons. The van der Waals surface area contributed by atoms with E-state index in [1.54, 1.807) is 24.3 Å². The molecule has 0 amide bonds. The predicted octanol–water partition coefficient (Wildman–Crippen LogP) is 3.57. The number of para-hydroxylation sites is 1. The fourth-order valence-electron chi connectivity index (χ4n) is 2.01. The molecule has 0 fully saturated rings. The molecule has 1 aromatic heterocycles. The molecule has 0 saturated heterocycles. The van der Waals surface area contributed by atoms with Crippen molar-refractivity contribution >= 4 is 43.9 Å². The fraction of sp³-hybridized carbons (Fsp3) is 0. The van der Waals surface area contributed by atoms with Crippen molar-refractivity contribution in [2.24, 2.45) is 0 Å². The van der Waals surface area contributed by atoms with E-state index < -0.39 is 10.0 Å². The number of hydrogen-bond acceptors (Lipinski definition) is 3. The minimum atomic E-state index is -3.82. The van der Waals surface area contributed by atoms with Gasteiger partial charge in [0.1, 0.15) is 10.7 Å². The van der Waals surface area contributed by atoms with Gasteiger partial charge < -0.3 is 0 Å². The first-order chi connectivity index (χ1) is 10.5. The zero-order chi connectivity index (χ0) is 15.7. The second-order valence-electron chi connectivity index (χ2n) is 4.45. The maximum atomic E-state index is 12.4. The van der Waals surface area contributed by atoms with Gasteiger partial charge in [0.25, 0.3) is 10.0 Å². The number of nitrogens with one attached hydrogen (secondary N) is 2. The number of aromatic amines is 1. The van der Waals surface area contributed by atoms with E-state index in [-0.39, 0.29) is 10.6 Å². The average Bonchev–Trinajstić information content (AvgIpc) is 2.90. The Morgan fingerprint density at radius 1 is 1.23 bits per heavy atom. The van der Waals surface area contributed by atoms with Crippen LogP contribution in [-0.4, -0.2) is 18.6 Å². The first-order valence-electron chi connectivity index (χ1n) is 6.14. The van der Waals surface area contributed by atoms with E-state index in [0.29, 0.717) is 21.7 Å². The van der Waals surface area contributed by atoms with Crippen molar-refractivity contribution in [1.82, 2.24) is 10.2 Å². The number of nitrogens with zero attached hydrogens (tertiary/aromatic N) is 2. The number of aromatic nitrogens is 2. The van der Waals surface area contributed by atoms with Crippen molar-refractivity contribution in [2.75, 3.05) is 4.72 Å². The van der Waals surface area contributed by atoms with Crippen LogP contribution in [-0.2, 0) is 10.0 Å². The van der Waals surface area contributed by atoms with Crippen LogP contribution in [0, 0.1) is 6.57 Å². The van der Waals surface area contributed by atoms with Gasteiger partial charge in [0.05, 0.1) is 17.2 Å². The Balaban J connectivity index is 2.05. The summed E-state index contributed by atoms with van der Waals surface area (Å²) in [7, 11) is -3.82. The van der Waals surface area contributed by atoms with Gasteiger partial charge in [-0.15, -0.1) is 0 Å². The van der Waals surface area contributed by atoms with Gasteiger partial charge >= 0.3 is 0 Å². The van der Waals surface area contributed by atoms with E-state index >= 15 is 0 Å². The largest absolute Gasteiger partial charge is 0.277 e. The van der Waals surface area contributed by atoms with E-state index in [1.165, 1.54) is 18.2 Å². The highest BCUT2D eigenvalue weighted by molar-refractivity contribution is 7.92. The van der Waals surface area contributed by atoms with Gasteiger partial charge in [-0.25, -0.2) is 13.3 Å². The van der Waals surface area contributed by atoms with Crippen molar-refractivity contribution in [3.63, 3.8) is 0 Å². The summed E-state index contributed by atoms with van der Waals surface area (Å²) in [6, 6.07) is 10.8. The third-order valence-electron chi connectivity index (χ3n) is 3.04. The van der Waals surface area contributed by atoms with E-state index in [4.69, 9.17) is 18.2 Å². The van der Waals surface area contributed by atoms with Gasteiger partial charge in [-0.2, -0.15) is 5.10 Å². The maximum absolute atomic E-state index is 12.4. The highest BCUT2D eigenvalue weighted by Crippen LogP contribution is 2.28. The molecule has 22 heavy (non-hydrogen) atoms. The summed E-state index contributed by atoms with van der Waals surface area (Å²) in [4.78, 5) is 3.24. The topological polar surface area (TPSA) is 79.2 Å². The number of rotatable bonds is 3. The quantitative estimate of drug-likeness (QED) is 0.720. The Labute approximate surface area is 131 Å². The Morgan fingerprint density at radius 3 is 2.77 bits per heavy atom. The van der Waals surface area contributed by atoms with E-state index in [1.807, 2.05) is 0 Å². The second-order valence-corrected chi connectivity index (χ2v) is 6.51. The molecule has 1 heterocycles. The minimum Gasteiger partial charge on any atom is -0.277 e. The van der Waals surface area contributed by atoms with Crippen LogP contribution in [0.3, 0.4) is 0 Å². The van der Waals surface area contributed by atoms with E-state index in [9.17, 15) is 8.42 Å². The lowest BCUT2D eigenvalue weighted by Gasteiger charge is -2.08. The maximum Gasteiger partial charge on any atom is 0.260 e. The summed E-state index contributed by atoms with van der Waals surface area (Å²) in [6.45, 7) is 6.96. The third-order valence-corrected chi connectivity index (χ3v) is 4.69. The zero-order valence-electron chi connectivity index (χ0n) is 11.0. The number of halogens is 1. The molecule has 0 atom stereocenters. The van der Waals surface area contributed by atoms with E-state index in [0.717, 1.165) is 0 Å². The van der Waals surface area contributed by atoms with Gasteiger partial charge in [0.2, 0.25) is 0 Å². The highest BCUT2D eigenvalue weighted by Gasteiger charge is 2.17. The van der Waals surface area contributed by atoms with Gasteiger partial charge in [0, 0.05) is 5.39 Å². The molecule has 0 bridgehead atoms. The lowest BCUT2D eigenvalue weighted by molar-refractivity contribution is 0.601. The summed E-state index contributed by atoms with van der Waals surface area (Å²) < 4.78 is 27.3. The summed E-state index contributed by atoms with van der Waals surface area (Å²) in [6.07, 6.45) is 0. The van der Waals surface area contributed by atoms with Crippen molar-refractivity contribution in [3.05, 3.63) is 59.0 Å². The number of benzene rings is 2. The van der Waals surface area contributed by atoms with Gasteiger partial charge in [-0.3, -0.25) is 9.82 Å². The van der Waals surface area contributed by atoms with Crippen LogP contribution in [0.5, 0.6) is 0 Å². The monoisotopic (exact) mass is 332 g/mol. The lowest BCUT2D eigenvalue weighted by Crippen LogP contribution is -2.13. The molecule has 0 unspecified atom stereocenters. The smallest absolute Gasteiger partial charge is 0.260 e. The van der Waals surface area contributed by atoms with Crippen LogP contribution in [0.15, 0.2) is 47.4 Å². The van der Waals surface area contributed by atoms with Gasteiger partial charge in [-0.05, 0) is 24.3 Å². The highest BCUT2D eigenvalue weighted by atomic mass is 35.5. The molecule has 0 aliphatic carbocycles. The first kappa shape index (κ1) is 14.4. The Hall–Kier alpha value is -2.56. The number of hydrogen-bond donors (Lipinski definition) is 2. The third kappa shape index (κ3) is 2.50. The average molecular weight is 333 g/mol. The molecule has 3 aromatic rings. The van der Waals surface area contributed by atoms with Crippen LogP contribution < -0.4 is 4.72 Å². The molecule has 3 rings (SSSR count). The normalized spacial score (nSPS) is 11.3. The zero-order valence-corrected chi connectivity index (χ0v) is 12.6. The minimum absolute atomic E-state index is 0.0136. The lowest BCUT2D eigenvalue weighted by atomic mass is 10.2. The van der Waals surface area contributed by atoms with Crippen LogP contribution in [0.25, 0.3) is 15.7 Å². The summed E-state index contributed by atoms with van der Waals surface area (Å²) in [5.74, 6) is 0. The van der Waals surface area contributed by atoms with Crippen molar-refractivity contribution < 1.29 is 8.42 Å². The van der Waals surface area contributed by atoms with Crippen molar-refractivity contribution in [2.45, 2.75) is 4.90 Å². The molecular formula is C14H9ClN4O2S. The molecule has 0 aliphatic rings. The molecule has 6 nitrogen and oxygen atoms in total. The van der Waals surface area contributed by atoms with Gasteiger partial charge in [-0.1, -0.05) is 29.8 Å². The standard InChI is InChI=1S/C14H9ClN4O2S/c1-16-9-4-2-5-10(8-9)22(20,21)19-12-7-3-6-11-13(12)17-18-14(11)15/h2-8,19H,(H,17,18). The number of sulfonamides is 1. The molecule has 2 aromatic carbocycles. The number of fused-ring (bicyclic) bond motifs is 1. The van der Waals surface area contributed by atoms with Crippen molar-refractivity contribution in [3.8, 4) is 0 Å². The Morgan fingerprint density at radius 2 is 2.00 bits per heavy atom. The molecule has 8 heteroatoms. The SMILES string of the molecule is [C-]#[N+]c1cccc(S(=O)(=O)Nc2cccc3c(Cl)[nH]nc23)c1. The Kier molecular flexibility index (Phi) is 3.48. The summed E-state index contributed by atoms with van der Waals surface area (Å²) in [5.41, 5.74) is 0.996. The van der Waals surface area contributed by atoms with Crippen LogP contribution in [0.2, 0.25) is 5.15 Å². The molecular weight excluding hydrogens is 324 g/mol. The van der Waals surface area contributed by atoms with Gasteiger partial charge in [0.15, 0.2) is 5.69 Å². The fourth-order valence-corrected chi connectivity index (χ4v) is 3.31. The Bertz CT molecular complexity index is 1010. The van der Waals surface area contributed by atoms with Crippen LogP contribution in [0.1, 0.15) is 0 Å². The van der Waals surface area contributed by atoms with Crippen molar-refractivity contribution in [1.29, 1.82) is 0 Å². The van der Waals surface area contributed by atoms with Crippen LogP contribution >= 0.6 is 11.6 Å². The molecule has 0 saturated carbocycles. The predicted molar refractivity (Wildman–Crippen MR) is 84.6 cm³/mol. The molecule has 0 radical (unpaired) electrons. The molecule has 0 spiro atoms. The van der Waals surface area contributed by atoms with E-state index in [2.05, 4.69) is 19.8 Å². The second kappa shape index (κ2) is 5.33. The molecule has 2 N–H and O–H groups in total. The molecule has 0 aliphatic heterocycles. The summed E-state index contributed by atoms with van der Waals surface area (Å²) in [5, 5.41) is 7.56. The summed E-state index contributed by atoms with van der Waals surface area (Å²) >= 11 is 5.94. The van der Waals surface area contributed by atoms with Crippen LogP contribution in [0.4, 0.5) is 11.4 Å².